The van der Waals surface area contributed by atoms with Crippen molar-refractivity contribution in [1.82, 2.24) is 0 Å². The van der Waals surface area contributed by atoms with E-state index in [1.54, 1.807) is 6.92 Å². The Bertz CT molecular complexity index is 160. The molecule has 7 nitrogen and oxygen atoms in total. The topological polar surface area (TPSA) is 131 Å². The molecule has 0 aromatic carbocycles. The highest BCUT2D eigenvalue weighted by Gasteiger charge is 2.42. The zero-order valence-corrected chi connectivity index (χ0v) is 8.39. The Hall–Kier alpha value is -0.280. The number of hydrogen-bond donors (Lipinski definition) is 6. The molecular weight excluding hydrogens is 208 g/mol. The Kier molecular flexibility index (Phi) is 6.94. The standard InChI is InChI=1S/C6H12O6.C2H6O/c7-1-2-3(8)4(9)5(10)6(11)12-2;1-2-3/h2-11H,1H2;3H,2H2,1H3. The lowest BCUT2D eigenvalue weighted by molar-refractivity contribution is -0.286. The lowest BCUT2D eigenvalue weighted by atomic mass is 10.00. The van der Waals surface area contributed by atoms with Gasteiger partial charge < -0.3 is 35.4 Å². The molecule has 7 heteroatoms. The van der Waals surface area contributed by atoms with Crippen LogP contribution in [0.5, 0.6) is 0 Å². The monoisotopic (exact) mass is 226 g/mol. The zero-order valence-electron chi connectivity index (χ0n) is 8.39. The van der Waals surface area contributed by atoms with Gasteiger partial charge in [-0.05, 0) is 6.92 Å². The molecule has 0 aromatic rings. The average molecular weight is 226 g/mol. The molecule has 1 fully saturated rings. The molecule has 5 unspecified atom stereocenters. The van der Waals surface area contributed by atoms with E-state index in [4.69, 9.17) is 30.6 Å². The summed E-state index contributed by atoms with van der Waals surface area (Å²) in [6.07, 6.45) is -7.04. The molecule has 0 bridgehead atoms. The van der Waals surface area contributed by atoms with Crippen LogP contribution in [0, 0.1) is 0 Å². The SMILES string of the molecule is CCO.OCC1OC(O)C(O)C(O)C1O. The lowest BCUT2D eigenvalue weighted by Gasteiger charge is -2.37. The Labute approximate surface area is 87.2 Å². The largest absolute Gasteiger partial charge is 0.397 e. The second-order valence-electron chi connectivity index (χ2n) is 3.04. The summed E-state index contributed by atoms with van der Waals surface area (Å²) in [7, 11) is 0. The first kappa shape index (κ1) is 14.7. The summed E-state index contributed by atoms with van der Waals surface area (Å²) in [4.78, 5) is 0. The van der Waals surface area contributed by atoms with Gasteiger partial charge in [-0.15, -0.1) is 0 Å². The molecule has 1 saturated heterocycles. The highest BCUT2D eigenvalue weighted by molar-refractivity contribution is 4.87. The van der Waals surface area contributed by atoms with Crippen LogP contribution in [0.4, 0.5) is 0 Å². The van der Waals surface area contributed by atoms with Crippen molar-refractivity contribution in [3.8, 4) is 0 Å². The summed E-state index contributed by atoms with van der Waals surface area (Å²) < 4.78 is 4.58. The molecule has 1 aliphatic heterocycles. The summed E-state index contributed by atoms with van der Waals surface area (Å²) in [5.74, 6) is 0. The van der Waals surface area contributed by atoms with Gasteiger partial charge in [0.15, 0.2) is 6.29 Å². The van der Waals surface area contributed by atoms with Crippen molar-refractivity contribution in [2.24, 2.45) is 0 Å². The van der Waals surface area contributed by atoms with Gasteiger partial charge in [-0.3, -0.25) is 0 Å². The van der Waals surface area contributed by atoms with Crippen LogP contribution < -0.4 is 0 Å². The molecule has 0 radical (unpaired) electrons. The second kappa shape index (κ2) is 7.07. The molecule has 1 aliphatic rings. The molecule has 5 atom stereocenters. The average Bonchev–Trinajstić information content (AvgIpc) is 2.21. The summed E-state index contributed by atoms with van der Waals surface area (Å²) in [5.41, 5.74) is 0. The van der Waals surface area contributed by atoms with Gasteiger partial charge in [0.1, 0.15) is 24.4 Å². The minimum Gasteiger partial charge on any atom is -0.397 e. The van der Waals surface area contributed by atoms with Crippen LogP contribution in [0.3, 0.4) is 0 Å². The quantitative estimate of drug-likeness (QED) is 0.277. The molecule has 1 rings (SSSR count). The van der Waals surface area contributed by atoms with E-state index in [2.05, 4.69) is 4.74 Å². The fourth-order valence-electron chi connectivity index (χ4n) is 1.08. The first-order chi connectivity index (χ1) is 6.99. The summed E-state index contributed by atoms with van der Waals surface area (Å²) in [6, 6.07) is 0. The van der Waals surface area contributed by atoms with Crippen molar-refractivity contribution < 1.29 is 35.4 Å². The molecular formula is C8H18O7. The molecule has 92 valence electrons. The molecule has 0 aromatic heterocycles. The zero-order chi connectivity index (χ0) is 12.0. The van der Waals surface area contributed by atoms with Crippen molar-refractivity contribution >= 4 is 0 Å². The number of ether oxygens (including phenoxy) is 1. The molecule has 1 heterocycles. The molecule has 0 amide bonds. The Morgan fingerprint density at radius 1 is 0.933 bits per heavy atom. The lowest BCUT2D eigenvalue weighted by Crippen LogP contribution is -2.58. The van der Waals surface area contributed by atoms with E-state index in [1.807, 2.05) is 0 Å². The van der Waals surface area contributed by atoms with Crippen LogP contribution in [0.25, 0.3) is 0 Å². The highest BCUT2D eigenvalue weighted by Crippen LogP contribution is 2.18. The van der Waals surface area contributed by atoms with Crippen LogP contribution in [0.1, 0.15) is 6.92 Å². The van der Waals surface area contributed by atoms with Crippen molar-refractivity contribution in [2.45, 2.75) is 37.6 Å². The van der Waals surface area contributed by atoms with Crippen LogP contribution >= 0.6 is 0 Å². The fraction of sp³-hybridized carbons (Fsp3) is 1.00. The third-order valence-electron chi connectivity index (χ3n) is 1.87. The number of aliphatic hydroxyl groups is 6. The molecule has 6 N–H and O–H groups in total. The van der Waals surface area contributed by atoms with Gasteiger partial charge in [0.05, 0.1) is 6.61 Å². The van der Waals surface area contributed by atoms with Gasteiger partial charge in [-0.1, -0.05) is 0 Å². The maximum atomic E-state index is 9.12. The first-order valence-corrected chi connectivity index (χ1v) is 4.59. The van der Waals surface area contributed by atoms with Crippen LogP contribution in [0.2, 0.25) is 0 Å². The van der Waals surface area contributed by atoms with Crippen molar-refractivity contribution in [3.63, 3.8) is 0 Å². The fourth-order valence-corrected chi connectivity index (χ4v) is 1.08. The van der Waals surface area contributed by atoms with E-state index < -0.39 is 37.3 Å². The first-order valence-electron chi connectivity index (χ1n) is 4.59. The van der Waals surface area contributed by atoms with Crippen molar-refractivity contribution in [2.75, 3.05) is 13.2 Å². The number of aliphatic hydroxyl groups excluding tert-OH is 6. The van der Waals surface area contributed by atoms with Crippen LogP contribution in [0.15, 0.2) is 0 Å². The van der Waals surface area contributed by atoms with E-state index >= 15 is 0 Å². The number of hydrogen-bond acceptors (Lipinski definition) is 7. The predicted molar refractivity (Wildman–Crippen MR) is 48.7 cm³/mol. The summed E-state index contributed by atoms with van der Waals surface area (Å²) in [6.45, 7) is 1.40. The van der Waals surface area contributed by atoms with Crippen molar-refractivity contribution in [3.05, 3.63) is 0 Å². The minimum atomic E-state index is -1.57. The van der Waals surface area contributed by atoms with Gasteiger partial charge in [-0.2, -0.15) is 0 Å². The van der Waals surface area contributed by atoms with Crippen molar-refractivity contribution in [1.29, 1.82) is 0 Å². The normalized spacial score (nSPS) is 40.6. The third kappa shape index (κ3) is 3.99. The molecule has 15 heavy (non-hydrogen) atoms. The third-order valence-corrected chi connectivity index (χ3v) is 1.87. The highest BCUT2D eigenvalue weighted by atomic mass is 16.6. The summed E-state index contributed by atoms with van der Waals surface area (Å²) >= 11 is 0. The van der Waals surface area contributed by atoms with Crippen LogP contribution in [-0.2, 0) is 4.74 Å². The Balaban J connectivity index is 0.000000583. The summed E-state index contributed by atoms with van der Waals surface area (Å²) in [5, 5.41) is 52.2. The van der Waals surface area contributed by atoms with Gasteiger partial charge in [0.2, 0.25) is 0 Å². The maximum Gasteiger partial charge on any atom is 0.184 e. The Morgan fingerprint density at radius 3 is 1.80 bits per heavy atom. The molecule has 0 spiro atoms. The van der Waals surface area contributed by atoms with Gasteiger partial charge in [0.25, 0.3) is 0 Å². The Morgan fingerprint density at radius 2 is 1.40 bits per heavy atom. The minimum absolute atomic E-state index is 0.250. The van der Waals surface area contributed by atoms with E-state index in [0.717, 1.165) is 0 Å². The molecule has 0 saturated carbocycles. The van der Waals surface area contributed by atoms with E-state index in [0.29, 0.717) is 0 Å². The number of rotatable bonds is 1. The van der Waals surface area contributed by atoms with E-state index in [-0.39, 0.29) is 6.61 Å². The van der Waals surface area contributed by atoms with E-state index in [9.17, 15) is 0 Å². The van der Waals surface area contributed by atoms with Gasteiger partial charge in [0, 0.05) is 6.61 Å². The molecule has 0 aliphatic carbocycles. The van der Waals surface area contributed by atoms with Gasteiger partial charge >= 0.3 is 0 Å². The van der Waals surface area contributed by atoms with E-state index in [1.165, 1.54) is 0 Å². The maximum absolute atomic E-state index is 9.12. The van der Waals surface area contributed by atoms with Crippen LogP contribution in [-0.4, -0.2) is 74.6 Å². The smallest absolute Gasteiger partial charge is 0.184 e. The van der Waals surface area contributed by atoms with Gasteiger partial charge in [-0.25, -0.2) is 0 Å². The predicted octanol–water partition coefficient (Wildman–Crippen LogP) is -3.22. The second-order valence-corrected chi connectivity index (χ2v) is 3.04.